The molecule has 0 saturated carbocycles. The third kappa shape index (κ3) is 6.47. The van der Waals surface area contributed by atoms with E-state index in [1.165, 1.54) is 22.9 Å². The minimum absolute atomic E-state index is 0.0515. The van der Waals surface area contributed by atoms with Crippen molar-refractivity contribution in [2.24, 2.45) is 11.8 Å². The van der Waals surface area contributed by atoms with Crippen LogP contribution in [-0.2, 0) is 14.8 Å². The van der Waals surface area contributed by atoms with E-state index in [2.05, 4.69) is 19.2 Å². The molecule has 0 aliphatic carbocycles. The number of carbonyl (C=O) groups excluding carboxylic acids is 1. The highest BCUT2D eigenvalue weighted by atomic mass is 35.5. The zero-order valence-corrected chi connectivity index (χ0v) is 18.0. The number of hydrogen-bond acceptors (Lipinski definition) is 3. The van der Waals surface area contributed by atoms with E-state index in [0.29, 0.717) is 36.9 Å². The Morgan fingerprint density at radius 1 is 1.15 bits per heavy atom. The molecule has 152 valence electrons. The van der Waals surface area contributed by atoms with Crippen molar-refractivity contribution in [3.8, 4) is 0 Å². The number of nitrogens with zero attached hydrogens (tertiary/aromatic N) is 1. The topological polar surface area (TPSA) is 66.5 Å². The Kier molecular flexibility index (Phi) is 8.13. The van der Waals surface area contributed by atoms with E-state index < -0.39 is 10.0 Å². The van der Waals surface area contributed by atoms with E-state index in [-0.39, 0.29) is 22.8 Å². The molecule has 5 nitrogen and oxygen atoms in total. The number of rotatable bonds is 8. The summed E-state index contributed by atoms with van der Waals surface area (Å²) in [7, 11) is -3.53. The van der Waals surface area contributed by atoms with Gasteiger partial charge in [0.05, 0.1) is 4.90 Å². The van der Waals surface area contributed by atoms with Crippen LogP contribution in [0.1, 0.15) is 52.9 Å². The predicted octanol–water partition coefficient (Wildman–Crippen LogP) is 4.07. The van der Waals surface area contributed by atoms with Gasteiger partial charge < -0.3 is 5.32 Å². The highest BCUT2D eigenvalue weighted by Gasteiger charge is 2.32. The predicted molar refractivity (Wildman–Crippen MR) is 109 cm³/mol. The number of piperidine rings is 1. The molecule has 1 unspecified atom stereocenters. The molecular formula is C20H31ClN2O3S. The molecule has 1 saturated heterocycles. The van der Waals surface area contributed by atoms with Crippen molar-refractivity contribution in [3.63, 3.8) is 0 Å². The van der Waals surface area contributed by atoms with Gasteiger partial charge >= 0.3 is 0 Å². The highest BCUT2D eigenvalue weighted by molar-refractivity contribution is 7.89. The quantitative estimate of drug-likeness (QED) is 0.697. The van der Waals surface area contributed by atoms with Crippen LogP contribution in [0.15, 0.2) is 29.2 Å². The lowest BCUT2D eigenvalue weighted by Gasteiger charge is -2.31. The molecule has 0 spiro atoms. The molecular weight excluding hydrogens is 384 g/mol. The fraction of sp³-hybridized carbons (Fsp3) is 0.650. The van der Waals surface area contributed by atoms with E-state index in [1.54, 1.807) is 12.1 Å². The maximum atomic E-state index is 12.7. The Bertz CT molecular complexity index is 711. The van der Waals surface area contributed by atoms with Crippen molar-refractivity contribution >= 4 is 27.5 Å². The van der Waals surface area contributed by atoms with Crippen LogP contribution in [-0.4, -0.2) is 37.8 Å². The first-order chi connectivity index (χ1) is 12.7. The zero-order chi connectivity index (χ0) is 20.0. The molecule has 1 aliphatic rings. The summed E-state index contributed by atoms with van der Waals surface area (Å²) in [5.74, 6) is 0.615. The van der Waals surface area contributed by atoms with Crippen LogP contribution in [0.25, 0.3) is 0 Å². The van der Waals surface area contributed by atoms with Crippen LogP contribution >= 0.6 is 11.6 Å². The van der Waals surface area contributed by atoms with Crippen LogP contribution in [0.3, 0.4) is 0 Å². The Balaban J connectivity index is 1.83. The van der Waals surface area contributed by atoms with Gasteiger partial charge in [-0.05, 0) is 56.4 Å². The van der Waals surface area contributed by atoms with Gasteiger partial charge in [-0.3, -0.25) is 4.79 Å². The average molecular weight is 415 g/mol. The van der Waals surface area contributed by atoms with E-state index in [4.69, 9.17) is 11.6 Å². The molecule has 1 atom stereocenters. The Morgan fingerprint density at radius 3 is 2.30 bits per heavy atom. The van der Waals surface area contributed by atoms with Gasteiger partial charge in [-0.25, -0.2) is 8.42 Å². The lowest BCUT2D eigenvalue weighted by molar-refractivity contribution is -0.126. The first-order valence-corrected chi connectivity index (χ1v) is 11.6. The van der Waals surface area contributed by atoms with Gasteiger partial charge in [0.1, 0.15) is 0 Å². The summed E-state index contributed by atoms with van der Waals surface area (Å²) in [6, 6.07) is 6.36. The summed E-state index contributed by atoms with van der Waals surface area (Å²) in [6.07, 6.45) is 4.36. The fourth-order valence-corrected chi connectivity index (χ4v) is 4.97. The molecule has 1 aromatic rings. The number of benzene rings is 1. The van der Waals surface area contributed by atoms with Gasteiger partial charge in [0.25, 0.3) is 0 Å². The molecule has 0 radical (unpaired) electrons. The molecule has 2 rings (SSSR count). The van der Waals surface area contributed by atoms with Crippen LogP contribution < -0.4 is 5.32 Å². The van der Waals surface area contributed by atoms with Gasteiger partial charge in [0, 0.05) is 30.1 Å². The second-order valence-electron chi connectivity index (χ2n) is 7.87. The molecule has 1 amide bonds. The van der Waals surface area contributed by atoms with Crippen LogP contribution in [0, 0.1) is 11.8 Å². The molecule has 0 bridgehead atoms. The SMILES string of the molecule is CC(C)CCCC(C)NC(=O)C1CCN(S(=O)(=O)c2ccc(Cl)cc2)CC1. The van der Waals surface area contributed by atoms with Gasteiger partial charge in [0.15, 0.2) is 0 Å². The van der Waals surface area contributed by atoms with Crippen molar-refractivity contribution in [1.29, 1.82) is 0 Å². The smallest absolute Gasteiger partial charge is 0.243 e. The van der Waals surface area contributed by atoms with Gasteiger partial charge in [-0.15, -0.1) is 0 Å². The molecule has 1 fully saturated rings. The summed E-state index contributed by atoms with van der Waals surface area (Å²) in [5.41, 5.74) is 0. The maximum Gasteiger partial charge on any atom is 0.243 e. The Hall–Kier alpha value is -1.11. The minimum Gasteiger partial charge on any atom is -0.353 e. The first kappa shape index (κ1) is 22.2. The van der Waals surface area contributed by atoms with Crippen molar-refractivity contribution in [3.05, 3.63) is 29.3 Å². The molecule has 1 N–H and O–H groups in total. The van der Waals surface area contributed by atoms with E-state index in [0.717, 1.165) is 12.8 Å². The molecule has 0 aromatic heterocycles. The largest absolute Gasteiger partial charge is 0.353 e. The molecule has 1 heterocycles. The number of nitrogens with one attached hydrogen (secondary N) is 1. The summed E-state index contributed by atoms with van der Waals surface area (Å²) in [5, 5.41) is 3.60. The molecule has 7 heteroatoms. The second-order valence-corrected chi connectivity index (χ2v) is 10.2. The summed E-state index contributed by atoms with van der Waals surface area (Å²) < 4.78 is 26.9. The van der Waals surface area contributed by atoms with Gasteiger partial charge in [0.2, 0.25) is 15.9 Å². The Morgan fingerprint density at radius 2 is 1.74 bits per heavy atom. The highest BCUT2D eigenvalue weighted by Crippen LogP contribution is 2.25. The Labute approximate surface area is 168 Å². The number of hydrogen-bond donors (Lipinski definition) is 1. The van der Waals surface area contributed by atoms with E-state index >= 15 is 0 Å². The van der Waals surface area contributed by atoms with Crippen molar-refractivity contribution in [1.82, 2.24) is 9.62 Å². The summed E-state index contributed by atoms with van der Waals surface area (Å²) in [4.78, 5) is 12.7. The van der Waals surface area contributed by atoms with Crippen LogP contribution in [0.4, 0.5) is 0 Å². The molecule has 1 aromatic carbocycles. The number of amides is 1. The van der Waals surface area contributed by atoms with Gasteiger partial charge in [-0.2, -0.15) is 4.31 Å². The first-order valence-electron chi connectivity index (χ1n) is 9.76. The standard InChI is InChI=1S/C20H31ClN2O3S/c1-15(2)5-4-6-16(3)22-20(24)17-11-13-23(14-12-17)27(25,26)19-9-7-18(21)8-10-19/h7-10,15-17H,4-6,11-14H2,1-3H3,(H,22,24). The average Bonchev–Trinajstić information content (AvgIpc) is 2.61. The van der Waals surface area contributed by atoms with Crippen LogP contribution in [0.5, 0.6) is 0 Å². The lowest BCUT2D eigenvalue weighted by atomic mass is 9.96. The monoisotopic (exact) mass is 414 g/mol. The second kappa shape index (κ2) is 9.89. The third-order valence-electron chi connectivity index (χ3n) is 5.08. The molecule has 27 heavy (non-hydrogen) atoms. The number of halogens is 1. The molecule has 1 aliphatic heterocycles. The summed E-state index contributed by atoms with van der Waals surface area (Å²) in [6.45, 7) is 7.18. The van der Waals surface area contributed by atoms with Crippen molar-refractivity contribution < 1.29 is 13.2 Å². The normalized spacial score (nSPS) is 17.8. The maximum absolute atomic E-state index is 12.7. The minimum atomic E-state index is -3.53. The van der Waals surface area contributed by atoms with Crippen molar-refractivity contribution in [2.75, 3.05) is 13.1 Å². The fourth-order valence-electron chi connectivity index (χ4n) is 3.38. The van der Waals surface area contributed by atoms with Crippen LogP contribution in [0.2, 0.25) is 5.02 Å². The van der Waals surface area contributed by atoms with Crippen molar-refractivity contribution in [2.45, 2.75) is 63.8 Å². The number of sulfonamides is 1. The van der Waals surface area contributed by atoms with Gasteiger partial charge in [-0.1, -0.05) is 38.3 Å². The number of carbonyl (C=O) groups is 1. The zero-order valence-electron chi connectivity index (χ0n) is 16.4. The van der Waals surface area contributed by atoms with E-state index in [9.17, 15) is 13.2 Å². The van der Waals surface area contributed by atoms with E-state index in [1.807, 2.05) is 6.92 Å². The lowest BCUT2D eigenvalue weighted by Crippen LogP contribution is -2.44. The summed E-state index contributed by atoms with van der Waals surface area (Å²) >= 11 is 5.84. The third-order valence-corrected chi connectivity index (χ3v) is 7.25.